The van der Waals surface area contributed by atoms with Crippen molar-refractivity contribution in [2.45, 2.75) is 88.5 Å². The average molecular weight is 404 g/mol. The van der Waals surface area contributed by atoms with E-state index in [2.05, 4.69) is 0 Å². The summed E-state index contributed by atoms with van der Waals surface area (Å²) in [5.74, 6) is -0.264. The number of allylic oxidation sites excluding steroid dienone is 1. The molecule has 1 heterocycles. The molecular formula is C19H32O9. The van der Waals surface area contributed by atoms with Crippen molar-refractivity contribution in [2.75, 3.05) is 6.61 Å². The lowest BCUT2D eigenvalue weighted by atomic mass is 9.57. The van der Waals surface area contributed by atoms with Crippen molar-refractivity contribution in [3.63, 3.8) is 0 Å². The van der Waals surface area contributed by atoms with E-state index in [1.165, 1.54) is 26.0 Å². The van der Waals surface area contributed by atoms with Gasteiger partial charge < -0.3 is 40.1 Å². The largest absolute Gasteiger partial charge is 0.394 e. The van der Waals surface area contributed by atoms with Crippen LogP contribution in [-0.2, 0) is 14.3 Å². The molecule has 1 saturated heterocycles. The molecule has 0 aromatic carbocycles. The first-order valence-electron chi connectivity index (χ1n) is 9.36. The molecule has 8 atom stereocenters. The molecule has 1 saturated carbocycles. The molecule has 2 aliphatic rings. The quantitative estimate of drug-likeness (QED) is 0.304. The van der Waals surface area contributed by atoms with Crippen LogP contribution in [0.25, 0.3) is 0 Å². The lowest BCUT2D eigenvalue weighted by Gasteiger charge is -2.56. The van der Waals surface area contributed by atoms with Crippen LogP contribution in [-0.4, -0.2) is 91.0 Å². The highest BCUT2D eigenvalue weighted by atomic mass is 16.7. The topological polar surface area (TPSA) is 157 Å². The first-order chi connectivity index (χ1) is 12.8. The van der Waals surface area contributed by atoms with Crippen LogP contribution in [0.1, 0.15) is 40.5 Å². The Labute approximate surface area is 164 Å². The highest BCUT2D eigenvalue weighted by molar-refractivity contribution is 5.87. The van der Waals surface area contributed by atoms with Crippen molar-refractivity contribution < 1.29 is 44.9 Å². The summed E-state index contributed by atoms with van der Waals surface area (Å²) in [6, 6.07) is 0. The van der Waals surface area contributed by atoms with Gasteiger partial charge >= 0.3 is 0 Å². The summed E-state index contributed by atoms with van der Waals surface area (Å²) in [4.78, 5) is 11.3. The summed E-state index contributed by atoms with van der Waals surface area (Å²) in [6.45, 7) is 5.63. The zero-order chi connectivity index (χ0) is 21.5. The minimum Gasteiger partial charge on any atom is -0.394 e. The van der Waals surface area contributed by atoms with Crippen LogP contribution < -0.4 is 0 Å². The van der Waals surface area contributed by atoms with E-state index in [0.717, 1.165) is 0 Å². The van der Waals surface area contributed by atoms with E-state index in [-0.39, 0.29) is 18.6 Å². The number of hydrogen-bond donors (Lipinski definition) is 6. The third kappa shape index (κ3) is 4.17. The van der Waals surface area contributed by atoms with Crippen molar-refractivity contribution >= 4 is 5.78 Å². The molecule has 9 heteroatoms. The highest BCUT2D eigenvalue weighted by Crippen LogP contribution is 2.51. The molecule has 0 aromatic rings. The SMILES string of the molecule is CC(=O)C=C[C@]1(O)C(C)(C)C[C@H](O[C@@H]2O[C@H](CO)[C@@H](O)[C@H](O)[C@H]2O)C[C@]1(C)O. The lowest BCUT2D eigenvalue weighted by Crippen LogP contribution is -2.66. The van der Waals surface area contributed by atoms with Crippen LogP contribution in [0.3, 0.4) is 0 Å². The number of ether oxygens (including phenoxy) is 2. The van der Waals surface area contributed by atoms with Gasteiger partial charge in [-0.3, -0.25) is 4.79 Å². The van der Waals surface area contributed by atoms with Crippen molar-refractivity contribution in [3.8, 4) is 0 Å². The number of carbonyl (C=O) groups is 1. The van der Waals surface area contributed by atoms with Crippen molar-refractivity contribution in [1.29, 1.82) is 0 Å². The second kappa shape index (κ2) is 8.08. The van der Waals surface area contributed by atoms with Gasteiger partial charge in [0.25, 0.3) is 0 Å². The number of ketones is 1. The predicted molar refractivity (Wildman–Crippen MR) is 97.0 cm³/mol. The second-order valence-corrected chi connectivity index (χ2v) is 8.73. The van der Waals surface area contributed by atoms with Gasteiger partial charge in [0.05, 0.1) is 18.3 Å². The van der Waals surface area contributed by atoms with Crippen molar-refractivity contribution in [2.24, 2.45) is 5.41 Å². The van der Waals surface area contributed by atoms with Gasteiger partial charge in [-0.15, -0.1) is 0 Å². The molecular weight excluding hydrogens is 372 g/mol. The summed E-state index contributed by atoms with van der Waals surface area (Å²) < 4.78 is 11.1. The fourth-order valence-electron chi connectivity index (χ4n) is 4.23. The van der Waals surface area contributed by atoms with Gasteiger partial charge in [0.2, 0.25) is 0 Å². The van der Waals surface area contributed by atoms with Gasteiger partial charge in [-0.2, -0.15) is 0 Å². The van der Waals surface area contributed by atoms with E-state index in [4.69, 9.17) is 9.47 Å². The number of rotatable bonds is 5. The Kier molecular flexibility index (Phi) is 6.74. The standard InChI is InChI=1S/C19H32O9/c1-10(21)5-6-19(26)17(2,3)7-11(8-18(19,4)25)27-16-15(24)14(23)13(22)12(9-20)28-16/h5-6,11-16,20,22-26H,7-9H2,1-4H3/t11-,12+,13+,14-,15+,16+,18-,19-/m0/s1. The van der Waals surface area contributed by atoms with Crippen molar-refractivity contribution in [1.82, 2.24) is 0 Å². The first kappa shape index (κ1) is 23.4. The molecule has 6 N–H and O–H groups in total. The van der Waals surface area contributed by atoms with E-state index in [1.807, 2.05) is 0 Å². The van der Waals surface area contributed by atoms with E-state index >= 15 is 0 Å². The summed E-state index contributed by atoms with van der Waals surface area (Å²) in [5.41, 5.74) is -4.29. The molecule has 2 fully saturated rings. The fraction of sp³-hybridized carbons (Fsp3) is 0.842. The van der Waals surface area contributed by atoms with Crippen LogP contribution in [0.5, 0.6) is 0 Å². The minimum atomic E-state index is -1.71. The van der Waals surface area contributed by atoms with E-state index < -0.39 is 60.0 Å². The molecule has 1 aliphatic heterocycles. The van der Waals surface area contributed by atoms with Gasteiger partial charge in [-0.25, -0.2) is 0 Å². The maximum atomic E-state index is 11.3. The number of hydrogen-bond acceptors (Lipinski definition) is 9. The Hall–Kier alpha value is -0.910. The van der Waals surface area contributed by atoms with Crippen LogP contribution in [0.2, 0.25) is 0 Å². The van der Waals surface area contributed by atoms with Gasteiger partial charge in [0.15, 0.2) is 12.1 Å². The lowest BCUT2D eigenvalue weighted by molar-refractivity contribution is -0.326. The highest BCUT2D eigenvalue weighted by Gasteiger charge is 2.59. The Morgan fingerprint density at radius 2 is 1.71 bits per heavy atom. The average Bonchev–Trinajstić information content (AvgIpc) is 2.57. The van der Waals surface area contributed by atoms with E-state index in [0.29, 0.717) is 0 Å². The molecule has 0 spiro atoms. The molecule has 0 radical (unpaired) electrons. The summed E-state index contributed by atoms with van der Waals surface area (Å²) in [5, 5.41) is 61.4. The molecule has 0 unspecified atom stereocenters. The normalized spacial score (nSPS) is 46.6. The van der Waals surface area contributed by atoms with Gasteiger partial charge in [0.1, 0.15) is 30.0 Å². The smallest absolute Gasteiger partial charge is 0.186 e. The first-order valence-corrected chi connectivity index (χ1v) is 9.36. The third-order valence-corrected chi connectivity index (χ3v) is 5.95. The number of aliphatic hydroxyl groups is 6. The van der Waals surface area contributed by atoms with Crippen molar-refractivity contribution in [3.05, 3.63) is 12.2 Å². The molecule has 1 aliphatic carbocycles. The third-order valence-electron chi connectivity index (χ3n) is 5.95. The number of carbonyl (C=O) groups excluding carboxylic acids is 1. The Balaban J connectivity index is 2.21. The zero-order valence-corrected chi connectivity index (χ0v) is 16.6. The Morgan fingerprint density at radius 1 is 1.11 bits per heavy atom. The monoisotopic (exact) mass is 404 g/mol. The Morgan fingerprint density at radius 3 is 2.21 bits per heavy atom. The fourth-order valence-corrected chi connectivity index (χ4v) is 4.23. The molecule has 0 bridgehead atoms. The van der Waals surface area contributed by atoms with Crippen LogP contribution in [0.15, 0.2) is 12.2 Å². The zero-order valence-electron chi connectivity index (χ0n) is 16.6. The molecule has 9 nitrogen and oxygen atoms in total. The van der Waals surface area contributed by atoms with E-state index in [1.54, 1.807) is 13.8 Å². The van der Waals surface area contributed by atoms with Gasteiger partial charge in [-0.1, -0.05) is 13.8 Å². The second-order valence-electron chi connectivity index (χ2n) is 8.73. The summed E-state index contributed by atoms with van der Waals surface area (Å²) in [6.07, 6.45) is -4.98. The Bertz CT molecular complexity index is 580. The molecule has 0 aromatic heterocycles. The van der Waals surface area contributed by atoms with E-state index in [9.17, 15) is 35.4 Å². The predicted octanol–water partition coefficient (Wildman–Crippen LogP) is -1.38. The minimum absolute atomic E-state index is 0.0375. The molecule has 0 amide bonds. The number of aliphatic hydroxyl groups excluding tert-OH is 4. The van der Waals surface area contributed by atoms with Crippen LogP contribution >= 0.6 is 0 Å². The molecule has 162 valence electrons. The molecule has 2 rings (SSSR count). The maximum absolute atomic E-state index is 11.3. The van der Waals surface area contributed by atoms with Gasteiger partial charge in [-0.05, 0) is 32.4 Å². The summed E-state index contributed by atoms with van der Waals surface area (Å²) >= 11 is 0. The molecule has 28 heavy (non-hydrogen) atoms. The van der Waals surface area contributed by atoms with Gasteiger partial charge in [0, 0.05) is 11.8 Å². The summed E-state index contributed by atoms with van der Waals surface area (Å²) in [7, 11) is 0. The maximum Gasteiger partial charge on any atom is 0.186 e. The van der Waals surface area contributed by atoms with Crippen LogP contribution in [0.4, 0.5) is 0 Å². The van der Waals surface area contributed by atoms with Crippen LogP contribution in [0, 0.1) is 5.41 Å².